The van der Waals surface area contributed by atoms with Gasteiger partial charge in [-0.3, -0.25) is 9.69 Å². The minimum Gasteiger partial charge on any atom is -0.494 e. The predicted molar refractivity (Wildman–Crippen MR) is 142 cm³/mol. The van der Waals surface area contributed by atoms with Crippen LogP contribution in [0.15, 0.2) is 59.1 Å². The summed E-state index contributed by atoms with van der Waals surface area (Å²) in [6.07, 6.45) is 0.935. The van der Waals surface area contributed by atoms with Gasteiger partial charge in [-0.2, -0.15) is 5.26 Å². The van der Waals surface area contributed by atoms with E-state index in [2.05, 4.69) is 19.9 Å². The Kier molecular flexibility index (Phi) is 7.26. The van der Waals surface area contributed by atoms with E-state index in [-0.39, 0.29) is 22.6 Å². The molecule has 4 rings (SSSR count). The second-order valence-electron chi connectivity index (χ2n) is 9.64. The van der Waals surface area contributed by atoms with Crippen molar-refractivity contribution in [3.05, 3.63) is 74.7 Å². The fourth-order valence-corrected chi connectivity index (χ4v) is 5.33. The van der Waals surface area contributed by atoms with Crippen LogP contribution in [0, 0.1) is 16.7 Å². The summed E-state index contributed by atoms with van der Waals surface area (Å²) in [6, 6.07) is 12.9. The highest BCUT2D eigenvalue weighted by Crippen LogP contribution is 2.52. The number of nitrogens with two attached hydrogens (primary N) is 1. The zero-order valence-corrected chi connectivity index (χ0v) is 22.3. The Hall–Kier alpha value is -3.14. The maximum absolute atomic E-state index is 13.8. The molecule has 36 heavy (non-hydrogen) atoms. The molecule has 8 heteroatoms. The van der Waals surface area contributed by atoms with Crippen LogP contribution in [0.25, 0.3) is 0 Å². The van der Waals surface area contributed by atoms with Crippen LogP contribution in [0.1, 0.15) is 52.0 Å². The van der Waals surface area contributed by atoms with Crippen LogP contribution < -0.4 is 20.1 Å². The fourth-order valence-electron chi connectivity index (χ4n) is 5.03. The van der Waals surface area contributed by atoms with Crippen molar-refractivity contribution in [2.75, 3.05) is 18.1 Å². The molecule has 2 aromatic rings. The molecule has 2 aromatic carbocycles. The second-order valence-corrected chi connectivity index (χ2v) is 10.5. The number of ether oxygens (including phenoxy) is 2. The summed E-state index contributed by atoms with van der Waals surface area (Å²) in [6.45, 7) is 8.80. The first-order valence-electron chi connectivity index (χ1n) is 11.9. The number of rotatable bonds is 6. The van der Waals surface area contributed by atoms with Crippen LogP contribution in [-0.4, -0.2) is 19.0 Å². The molecular weight excluding hydrogens is 497 g/mol. The van der Waals surface area contributed by atoms with E-state index in [9.17, 15) is 10.1 Å². The number of allylic oxidation sites excluding steroid dienone is 3. The summed E-state index contributed by atoms with van der Waals surface area (Å²) in [5, 5.41) is 11.1. The SMILES string of the molecule is CCOc1ccc(OCC)c(C2C(C#N)=C(N)N(c3ccc(Cl)c(Cl)c3)C3=C2C(=O)CC(C)(C)C3)c1. The first-order valence-corrected chi connectivity index (χ1v) is 12.7. The topological polar surface area (TPSA) is 88.6 Å². The van der Waals surface area contributed by atoms with Crippen LogP contribution >= 0.6 is 23.2 Å². The molecule has 6 nitrogen and oxygen atoms in total. The molecule has 2 N–H and O–H groups in total. The first kappa shape index (κ1) is 25.9. The Labute approximate surface area is 221 Å². The van der Waals surface area contributed by atoms with E-state index >= 15 is 0 Å². The highest BCUT2D eigenvalue weighted by molar-refractivity contribution is 6.42. The van der Waals surface area contributed by atoms with Crippen LogP contribution in [-0.2, 0) is 4.79 Å². The number of nitriles is 1. The second kappa shape index (κ2) is 10.1. The predicted octanol–water partition coefficient (Wildman–Crippen LogP) is 6.73. The van der Waals surface area contributed by atoms with Gasteiger partial charge in [-0.15, -0.1) is 0 Å². The molecule has 0 bridgehead atoms. The summed E-state index contributed by atoms with van der Waals surface area (Å²) >= 11 is 12.5. The van der Waals surface area contributed by atoms with E-state index in [4.69, 9.17) is 38.4 Å². The summed E-state index contributed by atoms with van der Waals surface area (Å²) in [4.78, 5) is 15.6. The Morgan fingerprint density at radius 2 is 1.81 bits per heavy atom. The molecular formula is C28H29Cl2N3O3. The van der Waals surface area contributed by atoms with Gasteiger partial charge in [-0.25, -0.2) is 0 Å². The maximum Gasteiger partial charge on any atom is 0.162 e. The number of hydrogen-bond acceptors (Lipinski definition) is 6. The van der Waals surface area contributed by atoms with E-state index in [0.29, 0.717) is 64.4 Å². The van der Waals surface area contributed by atoms with E-state index in [0.717, 1.165) is 5.70 Å². The monoisotopic (exact) mass is 525 g/mol. The van der Waals surface area contributed by atoms with Gasteiger partial charge in [0.2, 0.25) is 0 Å². The van der Waals surface area contributed by atoms with Crippen molar-refractivity contribution < 1.29 is 14.3 Å². The first-order chi connectivity index (χ1) is 17.1. The van der Waals surface area contributed by atoms with Crippen molar-refractivity contribution in [1.29, 1.82) is 5.26 Å². The van der Waals surface area contributed by atoms with Crippen molar-refractivity contribution in [1.82, 2.24) is 0 Å². The van der Waals surface area contributed by atoms with Gasteiger partial charge >= 0.3 is 0 Å². The van der Waals surface area contributed by atoms with Crippen LogP contribution in [0.5, 0.6) is 11.5 Å². The molecule has 0 spiro atoms. The van der Waals surface area contributed by atoms with Crippen molar-refractivity contribution >= 4 is 34.7 Å². The number of Topliss-reactive ketones (excluding diaryl/α,β-unsaturated/α-hetero) is 1. The number of carbonyl (C=O) groups excluding carboxylic acids is 1. The highest BCUT2D eigenvalue weighted by atomic mass is 35.5. The van der Waals surface area contributed by atoms with E-state index < -0.39 is 5.92 Å². The van der Waals surface area contributed by atoms with Gasteiger partial charge in [0, 0.05) is 28.9 Å². The number of anilines is 1. The minimum absolute atomic E-state index is 0.0270. The highest BCUT2D eigenvalue weighted by Gasteiger charge is 2.45. The van der Waals surface area contributed by atoms with Gasteiger partial charge in [0.15, 0.2) is 5.78 Å². The number of halogens is 2. The van der Waals surface area contributed by atoms with Gasteiger partial charge in [-0.1, -0.05) is 37.0 Å². The molecule has 0 amide bonds. The van der Waals surface area contributed by atoms with Crippen molar-refractivity contribution in [2.45, 2.75) is 46.5 Å². The lowest BCUT2D eigenvalue weighted by Crippen LogP contribution is -2.42. The third-order valence-electron chi connectivity index (χ3n) is 6.45. The summed E-state index contributed by atoms with van der Waals surface area (Å²) in [7, 11) is 0. The zero-order chi connectivity index (χ0) is 26.2. The molecule has 1 unspecified atom stereocenters. The zero-order valence-electron chi connectivity index (χ0n) is 20.8. The molecule has 0 saturated heterocycles. The normalized spacial score (nSPS) is 19.2. The smallest absolute Gasteiger partial charge is 0.162 e. The third kappa shape index (κ3) is 4.66. The fraction of sp³-hybridized carbons (Fsp3) is 0.357. The van der Waals surface area contributed by atoms with Gasteiger partial charge in [0.1, 0.15) is 17.3 Å². The van der Waals surface area contributed by atoms with Crippen molar-refractivity contribution in [3.63, 3.8) is 0 Å². The van der Waals surface area contributed by atoms with Crippen molar-refractivity contribution in [3.8, 4) is 17.6 Å². The van der Waals surface area contributed by atoms with Crippen LogP contribution in [0.4, 0.5) is 5.69 Å². The molecule has 1 aliphatic carbocycles. The molecule has 0 aromatic heterocycles. The molecule has 1 aliphatic heterocycles. The largest absolute Gasteiger partial charge is 0.494 e. The lowest BCUT2D eigenvalue weighted by Gasteiger charge is -2.44. The Morgan fingerprint density at radius 3 is 2.44 bits per heavy atom. The van der Waals surface area contributed by atoms with Gasteiger partial charge in [0.25, 0.3) is 0 Å². The number of hydrogen-bond donors (Lipinski definition) is 1. The number of nitrogens with zero attached hydrogens (tertiary/aromatic N) is 2. The number of carbonyl (C=O) groups is 1. The average molecular weight is 526 g/mol. The maximum atomic E-state index is 13.8. The molecule has 1 atom stereocenters. The van der Waals surface area contributed by atoms with Crippen LogP contribution in [0.2, 0.25) is 10.0 Å². The lowest BCUT2D eigenvalue weighted by atomic mass is 9.68. The van der Waals surface area contributed by atoms with Gasteiger partial charge in [-0.05, 0) is 62.1 Å². The molecule has 2 aliphatic rings. The van der Waals surface area contributed by atoms with E-state index in [1.165, 1.54) is 0 Å². The Morgan fingerprint density at radius 1 is 1.08 bits per heavy atom. The third-order valence-corrected chi connectivity index (χ3v) is 7.18. The van der Waals surface area contributed by atoms with E-state index in [1.54, 1.807) is 23.1 Å². The van der Waals surface area contributed by atoms with Gasteiger partial charge < -0.3 is 15.2 Å². The molecule has 1 heterocycles. The minimum atomic E-state index is -0.686. The van der Waals surface area contributed by atoms with E-state index in [1.807, 2.05) is 32.0 Å². The standard InChI is InChI=1S/C28H29Cl2N3O3/c1-5-35-17-8-10-24(36-6-2)18(12-17)25-19(15-31)27(32)33(16-7-9-20(29)21(30)11-16)22-13-28(3,4)14-23(34)26(22)25/h7-12,25H,5-6,13-14,32H2,1-4H3. The molecule has 188 valence electrons. The summed E-state index contributed by atoms with van der Waals surface area (Å²) in [5.41, 5.74) is 9.31. The number of ketones is 1. The summed E-state index contributed by atoms with van der Waals surface area (Å²) < 4.78 is 11.7. The van der Waals surface area contributed by atoms with Crippen LogP contribution in [0.3, 0.4) is 0 Å². The summed E-state index contributed by atoms with van der Waals surface area (Å²) in [5.74, 6) is 0.744. The molecule has 0 fully saturated rings. The number of benzene rings is 2. The Balaban J connectivity index is 2.02. The quantitative estimate of drug-likeness (QED) is 0.449. The van der Waals surface area contributed by atoms with Gasteiger partial charge in [0.05, 0.1) is 40.8 Å². The molecule has 0 radical (unpaired) electrons. The average Bonchev–Trinajstić information content (AvgIpc) is 2.81. The van der Waals surface area contributed by atoms with Crippen molar-refractivity contribution in [2.24, 2.45) is 11.1 Å². The Bertz CT molecular complexity index is 1320. The molecule has 0 saturated carbocycles. The lowest BCUT2D eigenvalue weighted by molar-refractivity contribution is -0.118.